The molecule has 2 unspecified atom stereocenters. The maximum Gasteiger partial charge on any atom is 0.188 e. The minimum Gasteiger partial charge on any atom is -0.298 e. The van der Waals surface area contributed by atoms with Crippen molar-refractivity contribution in [3.8, 4) is 0 Å². The van der Waals surface area contributed by atoms with E-state index in [0.717, 1.165) is 5.57 Å². The number of rotatable bonds is 3. The van der Waals surface area contributed by atoms with Gasteiger partial charge in [-0.1, -0.05) is 29.8 Å². The molecule has 0 bridgehead atoms. The summed E-state index contributed by atoms with van der Waals surface area (Å²) >= 11 is 0. The van der Waals surface area contributed by atoms with E-state index in [0.29, 0.717) is 12.8 Å². The van der Waals surface area contributed by atoms with Gasteiger partial charge < -0.3 is 0 Å². The van der Waals surface area contributed by atoms with Crippen LogP contribution in [0.1, 0.15) is 26.7 Å². The lowest BCUT2D eigenvalue weighted by Gasteiger charge is -2.16. The van der Waals surface area contributed by atoms with E-state index in [1.54, 1.807) is 30.3 Å². The maximum absolute atomic E-state index is 12.6. The average molecular weight is 278 g/mol. The van der Waals surface area contributed by atoms with Gasteiger partial charge in [0.25, 0.3) is 0 Å². The van der Waals surface area contributed by atoms with Crippen LogP contribution in [0.5, 0.6) is 0 Å². The zero-order valence-corrected chi connectivity index (χ0v) is 12.0. The smallest absolute Gasteiger partial charge is 0.188 e. The van der Waals surface area contributed by atoms with Gasteiger partial charge in [0.05, 0.1) is 4.90 Å². The summed E-state index contributed by atoms with van der Waals surface area (Å²) in [5.41, 5.74) is 1.05. The molecule has 102 valence electrons. The first-order valence-corrected chi connectivity index (χ1v) is 7.94. The molecule has 0 spiro atoms. The number of hydrogen-bond acceptors (Lipinski definition) is 3. The lowest BCUT2D eigenvalue weighted by atomic mass is 10.1. The van der Waals surface area contributed by atoms with E-state index >= 15 is 0 Å². The monoisotopic (exact) mass is 278 g/mol. The number of sulfone groups is 1. The summed E-state index contributed by atoms with van der Waals surface area (Å²) in [5, 5.41) is -0.912. The Morgan fingerprint density at radius 1 is 1.21 bits per heavy atom. The molecule has 1 fully saturated rings. The van der Waals surface area contributed by atoms with Crippen LogP contribution in [0, 0.1) is 5.92 Å². The molecule has 2 atom stereocenters. The van der Waals surface area contributed by atoms with E-state index in [1.807, 2.05) is 19.9 Å². The van der Waals surface area contributed by atoms with Crippen molar-refractivity contribution in [2.45, 2.75) is 36.8 Å². The quantitative estimate of drug-likeness (QED) is 0.799. The second-order valence-corrected chi connectivity index (χ2v) is 7.26. The Bertz CT molecular complexity index is 596. The topological polar surface area (TPSA) is 51.2 Å². The van der Waals surface area contributed by atoms with Gasteiger partial charge in [-0.2, -0.15) is 0 Å². The summed E-state index contributed by atoms with van der Waals surface area (Å²) in [5.74, 6) is -0.353. The van der Waals surface area contributed by atoms with Gasteiger partial charge in [-0.25, -0.2) is 8.42 Å². The number of carbonyl (C=O) groups excluding carboxylic acids is 1. The van der Waals surface area contributed by atoms with Crippen molar-refractivity contribution in [1.82, 2.24) is 0 Å². The first-order chi connectivity index (χ1) is 8.93. The molecule has 0 radical (unpaired) electrons. The third-order valence-corrected chi connectivity index (χ3v) is 5.59. The molecule has 0 amide bonds. The van der Waals surface area contributed by atoms with E-state index in [2.05, 4.69) is 0 Å². The van der Waals surface area contributed by atoms with Crippen LogP contribution in [0.15, 0.2) is 46.9 Å². The second-order valence-electron chi connectivity index (χ2n) is 5.19. The Labute approximate surface area is 114 Å². The van der Waals surface area contributed by atoms with E-state index < -0.39 is 15.1 Å². The molecular weight excluding hydrogens is 260 g/mol. The fourth-order valence-corrected chi connectivity index (χ4v) is 4.57. The summed E-state index contributed by atoms with van der Waals surface area (Å²) in [4.78, 5) is 12.2. The fourth-order valence-electron chi connectivity index (χ4n) is 2.60. The van der Waals surface area contributed by atoms with Crippen LogP contribution < -0.4 is 0 Å². The van der Waals surface area contributed by atoms with Crippen LogP contribution >= 0.6 is 0 Å². The molecule has 1 aliphatic carbocycles. The summed E-state index contributed by atoms with van der Waals surface area (Å²) in [6.07, 6.45) is 2.89. The normalized spacial score (nSPS) is 23.4. The highest BCUT2D eigenvalue weighted by Crippen LogP contribution is 2.33. The first-order valence-electron chi connectivity index (χ1n) is 6.39. The molecule has 4 heteroatoms. The van der Waals surface area contributed by atoms with Gasteiger partial charge in [0.15, 0.2) is 15.6 Å². The number of benzene rings is 1. The van der Waals surface area contributed by atoms with Gasteiger partial charge in [-0.05, 0) is 32.4 Å². The Hall–Kier alpha value is -1.42. The molecule has 1 aliphatic rings. The number of ketones is 1. The van der Waals surface area contributed by atoms with Crippen LogP contribution in [0.3, 0.4) is 0 Å². The lowest BCUT2D eigenvalue weighted by Crippen LogP contribution is -2.30. The molecule has 2 rings (SSSR count). The Morgan fingerprint density at radius 3 is 2.42 bits per heavy atom. The number of carbonyl (C=O) groups is 1. The van der Waals surface area contributed by atoms with Gasteiger partial charge in [-0.15, -0.1) is 0 Å². The number of hydrogen-bond donors (Lipinski definition) is 0. The summed E-state index contributed by atoms with van der Waals surface area (Å²) in [6.45, 7) is 3.85. The van der Waals surface area contributed by atoms with Crippen LogP contribution in [0.25, 0.3) is 0 Å². The minimum absolute atomic E-state index is 0.161. The van der Waals surface area contributed by atoms with Gasteiger partial charge >= 0.3 is 0 Å². The third kappa shape index (κ3) is 2.78. The molecule has 0 N–H and O–H groups in total. The van der Waals surface area contributed by atoms with Crippen LogP contribution in [0.4, 0.5) is 0 Å². The fraction of sp³-hybridized carbons (Fsp3) is 0.400. The molecule has 3 nitrogen and oxygen atoms in total. The van der Waals surface area contributed by atoms with Gasteiger partial charge in [0.2, 0.25) is 0 Å². The van der Waals surface area contributed by atoms with Crippen LogP contribution in [-0.4, -0.2) is 19.5 Å². The Morgan fingerprint density at radius 2 is 1.84 bits per heavy atom. The molecule has 19 heavy (non-hydrogen) atoms. The van der Waals surface area contributed by atoms with Gasteiger partial charge in [0, 0.05) is 12.3 Å². The van der Waals surface area contributed by atoms with Crippen LogP contribution in [-0.2, 0) is 14.6 Å². The SMILES string of the molecule is CC(C)=CC1CCC(=O)C1S(=O)(=O)c1ccccc1. The van der Waals surface area contributed by atoms with Crippen molar-refractivity contribution < 1.29 is 13.2 Å². The second kappa shape index (κ2) is 5.29. The summed E-state index contributed by atoms with van der Waals surface area (Å²) < 4.78 is 25.2. The highest BCUT2D eigenvalue weighted by molar-refractivity contribution is 7.92. The molecule has 0 aromatic heterocycles. The standard InChI is InChI=1S/C15H18O3S/c1-11(2)10-12-8-9-14(16)15(12)19(17,18)13-6-4-3-5-7-13/h3-7,10,12,15H,8-9H2,1-2H3. The molecule has 0 saturated heterocycles. The minimum atomic E-state index is -3.58. The zero-order chi connectivity index (χ0) is 14.0. The molecule has 1 saturated carbocycles. The van der Waals surface area contributed by atoms with E-state index in [4.69, 9.17) is 0 Å². The van der Waals surface area contributed by atoms with Crippen molar-refractivity contribution >= 4 is 15.6 Å². The Balaban J connectivity index is 2.43. The van der Waals surface area contributed by atoms with Crippen molar-refractivity contribution in [3.05, 3.63) is 42.0 Å². The highest BCUT2D eigenvalue weighted by atomic mass is 32.2. The molecule has 0 aliphatic heterocycles. The number of allylic oxidation sites excluding steroid dienone is 2. The van der Waals surface area contributed by atoms with Crippen molar-refractivity contribution in [2.24, 2.45) is 5.92 Å². The van der Waals surface area contributed by atoms with E-state index in [1.165, 1.54) is 0 Å². The van der Waals surface area contributed by atoms with Crippen LogP contribution in [0.2, 0.25) is 0 Å². The van der Waals surface area contributed by atoms with E-state index in [-0.39, 0.29) is 16.6 Å². The van der Waals surface area contributed by atoms with Gasteiger partial charge in [-0.3, -0.25) is 4.79 Å². The first kappa shape index (κ1) is 14.0. The zero-order valence-electron chi connectivity index (χ0n) is 11.2. The largest absolute Gasteiger partial charge is 0.298 e. The maximum atomic E-state index is 12.6. The lowest BCUT2D eigenvalue weighted by molar-refractivity contribution is -0.117. The molecule has 0 heterocycles. The summed E-state index contributed by atoms with van der Waals surface area (Å²) in [7, 11) is -3.58. The van der Waals surface area contributed by atoms with Crippen molar-refractivity contribution in [2.75, 3.05) is 0 Å². The summed E-state index contributed by atoms with van der Waals surface area (Å²) in [6, 6.07) is 8.24. The molecule has 1 aromatic rings. The highest BCUT2D eigenvalue weighted by Gasteiger charge is 2.43. The Kier molecular flexibility index (Phi) is 3.90. The van der Waals surface area contributed by atoms with Crippen molar-refractivity contribution in [1.29, 1.82) is 0 Å². The molecular formula is C15H18O3S. The van der Waals surface area contributed by atoms with Gasteiger partial charge in [0.1, 0.15) is 5.25 Å². The van der Waals surface area contributed by atoms with Crippen molar-refractivity contribution in [3.63, 3.8) is 0 Å². The average Bonchev–Trinajstić information content (AvgIpc) is 2.71. The predicted molar refractivity (Wildman–Crippen MR) is 74.6 cm³/mol. The van der Waals surface area contributed by atoms with E-state index in [9.17, 15) is 13.2 Å². The number of Topliss-reactive ketones (excluding diaryl/α,β-unsaturated/α-hetero) is 1. The predicted octanol–water partition coefficient (Wildman–Crippen LogP) is 2.77. The third-order valence-electron chi connectivity index (χ3n) is 3.38. The molecule has 1 aromatic carbocycles.